The third-order valence-corrected chi connectivity index (χ3v) is 4.14. The molecule has 3 atom stereocenters. The van der Waals surface area contributed by atoms with Gasteiger partial charge in [0, 0.05) is 25.0 Å². The summed E-state index contributed by atoms with van der Waals surface area (Å²) < 4.78 is 0. The molecule has 0 aromatic heterocycles. The first kappa shape index (κ1) is 16.4. The zero-order valence-electron chi connectivity index (χ0n) is 12.8. The Hall–Kier alpha value is -0.610. The highest BCUT2D eigenvalue weighted by Crippen LogP contribution is 2.15. The fourth-order valence-electron chi connectivity index (χ4n) is 2.56. The van der Waals surface area contributed by atoms with E-state index in [1.54, 1.807) is 0 Å². The van der Waals surface area contributed by atoms with Crippen LogP contribution in [0.1, 0.15) is 46.5 Å². The van der Waals surface area contributed by atoms with Gasteiger partial charge in [-0.05, 0) is 51.6 Å². The summed E-state index contributed by atoms with van der Waals surface area (Å²) in [4.78, 5) is 14.2. The van der Waals surface area contributed by atoms with E-state index in [0.717, 1.165) is 18.9 Å². The minimum atomic E-state index is -0.0945. The summed E-state index contributed by atoms with van der Waals surface area (Å²) in [6, 6.07) is -0.0742. The van der Waals surface area contributed by atoms with Gasteiger partial charge in [0.1, 0.15) is 0 Å². The van der Waals surface area contributed by atoms with Gasteiger partial charge >= 0.3 is 0 Å². The number of carbonyl (C=O) groups excluding carboxylic acids is 1. The first-order valence-corrected chi connectivity index (χ1v) is 7.76. The maximum atomic E-state index is 11.7. The van der Waals surface area contributed by atoms with Crippen molar-refractivity contribution < 1.29 is 4.79 Å². The highest BCUT2D eigenvalue weighted by Gasteiger charge is 2.17. The lowest BCUT2D eigenvalue weighted by molar-refractivity contribution is -0.124. The average Bonchev–Trinajstić information content (AvgIpc) is 2.37. The molecule has 112 valence electrons. The number of amides is 1. The lowest BCUT2D eigenvalue weighted by Gasteiger charge is -2.30. The van der Waals surface area contributed by atoms with Crippen molar-refractivity contribution in [1.29, 1.82) is 0 Å². The average molecular weight is 269 g/mol. The van der Waals surface area contributed by atoms with E-state index in [0.29, 0.717) is 0 Å². The van der Waals surface area contributed by atoms with Crippen LogP contribution in [0.25, 0.3) is 0 Å². The van der Waals surface area contributed by atoms with Crippen LogP contribution in [0.4, 0.5) is 0 Å². The van der Waals surface area contributed by atoms with E-state index in [9.17, 15) is 4.79 Å². The molecule has 4 nitrogen and oxygen atoms in total. The van der Waals surface area contributed by atoms with Gasteiger partial charge in [-0.15, -0.1) is 0 Å². The SMILES string of the molecule is CC1CCCN(CCCCNC(=O)C(C)C(C)N)C1. The minimum Gasteiger partial charge on any atom is -0.356 e. The van der Waals surface area contributed by atoms with Crippen molar-refractivity contribution in [2.24, 2.45) is 17.6 Å². The lowest BCUT2D eigenvalue weighted by atomic mass is 10.00. The van der Waals surface area contributed by atoms with E-state index >= 15 is 0 Å². The fraction of sp³-hybridized carbons (Fsp3) is 0.933. The summed E-state index contributed by atoms with van der Waals surface area (Å²) in [5.41, 5.74) is 5.71. The van der Waals surface area contributed by atoms with Crippen LogP contribution < -0.4 is 11.1 Å². The van der Waals surface area contributed by atoms with Crippen molar-refractivity contribution in [3.05, 3.63) is 0 Å². The molecule has 4 heteroatoms. The summed E-state index contributed by atoms with van der Waals surface area (Å²) in [5, 5.41) is 2.97. The van der Waals surface area contributed by atoms with E-state index in [-0.39, 0.29) is 17.9 Å². The number of nitrogens with zero attached hydrogens (tertiary/aromatic N) is 1. The molecule has 1 fully saturated rings. The third kappa shape index (κ3) is 6.39. The Morgan fingerprint density at radius 2 is 2.16 bits per heavy atom. The van der Waals surface area contributed by atoms with E-state index < -0.39 is 0 Å². The van der Waals surface area contributed by atoms with Crippen LogP contribution in [-0.2, 0) is 4.79 Å². The smallest absolute Gasteiger partial charge is 0.224 e. The standard InChI is InChI=1S/C15H31N3O/c1-12-7-6-10-18(11-12)9-5-4-8-17-15(19)13(2)14(3)16/h12-14H,4-11,16H2,1-3H3,(H,17,19). The predicted molar refractivity (Wildman–Crippen MR) is 79.9 cm³/mol. The maximum absolute atomic E-state index is 11.7. The van der Waals surface area contributed by atoms with Crippen LogP contribution in [0.2, 0.25) is 0 Å². The van der Waals surface area contributed by atoms with Gasteiger partial charge in [-0.2, -0.15) is 0 Å². The number of likely N-dealkylation sites (tertiary alicyclic amines) is 1. The summed E-state index contributed by atoms with van der Waals surface area (Å²) in [5.74, 6) is 0.838. The van der Waals surface area contributed by atoms with Crippen molar-refractivity contribution in [2.75, 3.05) is 26.2 Å². The molecule has 0 saturated carbocycles. The quantitative estimate of drug-likeness (QED) is 0.690. The molecule has 0 bridgehead atoms. The number of carbonyl (C=O) groups is 1. The van der Waals surface area contributed by atoms with E-state index in [4.69, 9.17) is 5.73 Å². The van der Waals surface area contributed by atoms with Crippen LogP contribution >= 0.6 is 0 Å². The number of rotatable bonds is 7. The van der Waals surface area contributed by atoms with Crippen molar-refractivity contribution in [3.63, 3.8) is 0 Å². The first-order valence-electron chi connectivity index (χ1n) is 7.76. The van der Waals surface area contributed by atoms with Crippen molar-refractivity contribution in [2.45, 2.75) is 52.5 Å². The predicted octanol–water partition coefficient (Wildman–Crippen LogP) is 1.60. The Balaban J connectivity index is 2.03. The zero-order valence-corrected chi connectivity index (χ0v) is 12.8. The Labute approximate surface area is 118 Å². The second kappa shape index (κ2) is 8.54. The first-order chi connectivity index (χ1) is 9.00. The van der Waals surface area contributed by atoms with Gasteiger partial charge < -0.3 is 16.0 Å². The summed E-state index contributed by atoms with van der Waals surface area (Å²) in [6.45, 7) is 10.5. The van der Waals surface area contributed by atoms with Gasteiger partial charge in [-0.1, -0.05) is 13.8 Å². The zero-order chi connectivity index (χ0) is 14.3. The number of nitrogens with two attached hydrogens (primary N) is 1. The van der Waals surface area contributed by atoms with Crippen LogP contribution in [0, 0.1) is 11.8 Å². The lowest BCUT2D eigenvalue weighted by Crippen LogP contribution is -2.39. The van der Waals surface area contributed by atoms with Crippen LogP contribution in [0.5, 0.6) is 0 Å². The molecule has 1 heterocycles. The maximum Gasteiger partial charge on any atom is 0.224 e. The monoisotopic (exact) mass is 269 g/mol. The molecule has 0 spiro atoms. The molecule has 0 aromatic carbocycles. The highest BCUT2D eigenvalue weighted by atomic mass is 16.1. The van der Waals surface area contributed by atoms with E-state index in [2.05, 4.69) is 17.1 Å². The molecule has 3 N–H and O–H groups in total. The fourth-order valence-corrected chi connectivity index (χ4v) is 2.56. The number of hydrogen-bond donors (Lipinski definition) is 2. The molecule has 0 radical (unpaired) electrons. The van der Waals surface area contributed by atoms with Gasteiger partial charge in [0.2, 0.25) is 5.91 Å². The molecule has 1 rings (SSSR count). The summed E-state index contributed by atoms with van der Waals surface area (Å²) in [6.07, 6.45) is 4.94. The Bertz CT molecular complexity index is 268. The van der Waals surface area contributed by atoms with Crippen molar-refractivity contribution >= 4 is 5.91 Å². The van der Waals surface area contributed by atoms with Gasteiger partial charge in [-0.3, -0.25) is 4.79 Å². The normalized spacial score (nSPS) is 23.9. The van der Waals surface area contributed by atoms with Crippen molar-refractivity contribution in [3.8, 4) is 0 Å². The molecule has 1 aliphatic heterocycles. The largest absolute Gasteiger partial charge is 0.356 e. The molecule has 0 aliphatic carbocycles. The third-order valence-electron chi connectivity index (χ3n) is 4.14. The molecule has 1 saturated heterocycles. The van der Waals surface area contributed by atoms with E-state index in [1.165, 1.54) is 38.9 Å². The van der Waals surface area contributed by atoms with Gasteiger partial charge in [0.05, 0.1) is 0 Å². The van der Waals surface area contributed by atoms with Crippen molar-refractivity contribution in [1.82, 2.24) is 10.2 Å². The molecule has 19 heavy (non-hydrogen) atoms. The molecular formula is C15H31N3O. The number of unbranched alkanes of at least 4 members (excludes halogenated alkanes) is 1. The molecule has 1 aliphatic rings. The number of nitrogens with one attached hydrogen (secondary N) is 1. The second-order valence-electron chi connectivity index (χ2n) is 6.19. The molecular weight excluding hydrogens is 238 g/mol. The number of piperidine rings is 1. The molecule has 3 unspecified atom stereocenters. The Kier molecular flexibility index (Phi) is 7.39. The Morgan fingerprint density at radius 3 is 2.79 bits per heavy atom. The number of hydrogen-bond acceptors (Lipinski definition) is 3. The van der Waals surface area contributed by atoms with Crippen LogP contribution in [0.15, 0.2) is 0 Å². The van der Waals surface area contributed by atoms with Gasteiger partial charge in [0.15, 0.2) is 0 Å². The molecule has 0 aromatic rings. The van der Waals surface area contributed by atoms with Gasteiger partial charge in [-0.25, -0.2) is 0 Å². The summed E-state index contributed by atoms with van der Waals surface area (Å²) in [7, 11) is 0. The second-order valence-corrected chi connectivity index (χ2v) is 6.19. The van der Waals surface area contributed by atoms with Crippen LogP contribution in [0.3, 0.4) is 0 Å². The van der Waals surface area contributed by atoms with Gasteiger partial charge in [0.25, 0.3) is 0 Å². The highest BCUT2D eigenvalue weighted by molar-refractivity contribution is 5.78. The topological polar surface area (TPSA) is 58.4 Å². The van der Waals surface area contributed by atoms with E-state index in [1.807, 2.05) is 13.8 Å². The summed E-state index contributed by atoms with van der Waals surface area (Å²) >= 11 is 0. The van der Waals surface area contributed by atoms with Crippen LogP contribution in [-0.4, -0.2) is 43.0 Å². The minimum absolute atomic E-state index is 0.0742. The molecule has 1 amide bonds. The Morgan fingerprint density at radius 1 is 1.42 bits per heavy atom.